The van der Waals surface area contributed by atoms with Gasteiger partial charge in [-0.25, -0.2) is 9.59 Å². The minimum Gasteiger partial charge on any atom is -0.466 e. The number of carbonyl (C=O) groups excluding carboxylic acids is 2. The molecule has 0 atom stereocenters. The monoisotopic (exact) mass is 226 g/mol. The second-order valence-corrected chi connectivity index (χ2v) is 2.82. The van der Waals surface area contributed by atoms with Gasteiger partial charge in [0.15, 0.2) is 0 Å². The number of ether oxygens (including phenoxy) is 2. The summed E-state index contributed by atoms with van der Waals surface area (Å²) in [5.74, 6) is 3.64. The molecule has 0 rings (SSSR count). The van der Waals surface area contributed by atoms with Gasteiger partial charge in [-0.2, -0.15) is 0 Å². The molecule has 0 amide bonds. The molecule has 0 aliphatic carbocycles. The van der Waals surface area contributed by atoms with Crippen molar-refractivity contribution in [3.05, 3.63) is 36.8 Å². The maximum Gasteiger partial charge on any atom is 0.360 e. The molecule has 88 valence electrons. The first-order chi connectivity index (χ1) is 7.42. The number of allylic oxidation sites excluding steroid dienone is 1. The molecule has 0 aromatic carbocycles. The summed E-state index contributed by atoms with van der Waals surface area (Å²) in [7, 11) is 1.22. The van der Waals surface area contributed by atoms with Crippen LogP contribution in [0.1, 0.15) is 6.42 Å². The number of hydrogen-bond donors (Lipinski definition) is 2. The number of rotatable bonds is 6. The van der Waals surface area contributed by atoms with E-state index in [9.17, 15) is 9.59 Å². The van der Waals surface area contributed by atoms with Crippen molar-refractivity contribution in [3.63, 3.8) is 0 Å². The first kappa shape index (κ1) is 13.9. The van der Waals surface area contributed by atoms with Crippen LogP contribution in [0.5, 0.6) is 0 Å². The van der Waals surface area contributed by atoms with Gasteiger partial charge in [0, 0.05) is 12.0 Å². The van der Waals surface area contributed by atoms with Crippen molar-refractivity contribution in [1.82, 2.24) is 5.43 Å². The third kappa shape index (κ3) is 4.43. The smallest absolute Gasteiger partial charge is 0.360 e. The average Bonchev–Trinajstić information content (AvgIpc) is 2.26. The van der Waals surface area contributed by atoms with E-state index in [0.717, 1.165) is 0 Å². The number of hydrogen-bond acceptors (Lipinski definition) is 6. The van der Waals surface area contributed by atoms with E-state index in [4.69, 9.17) is 10.6 Å². The van der Waals surface area contributed by atoms with Gasteiger partial charge in [-0.05, 0) is 0 Å². The third-order valence-corrected chi connectivity index (χ3v) is 1.54. The molecule has 6 nitrogen and oxygen atoms in total. The Morgan fingerprint density at radius 1 is 1.25 bits per heavy atom. The molecular weight excluding hydrogens is 212 g/mol. The Morgan fingerprint density at radius 3 is 2.25 bits per heavy atom. The Bertz CT molecular complexity index is 315. The Labute approximate surface area is 93.4 Å². The molecule has 0 bridgehead atoms. The van der Waals surface area contributed by atoms with Crippen molar-refractivity contribution in [1.29, 1.82) is 0 Å². The minimum absolute atomic E-state index is 0.00371. The van der Waals surface area contributed by atoms with Gasteiger partial charge in [0.05, 0.1) is 7.11 Å². The van der Waals surface area contributed by atoms with Crippen LogP contribution in [0.2, 0.25) is 0 Å². The lowest BCUT2D eigenvalue weighted by Gasteiger charge is -2.09. The Morgan fingerprint density at radius 2 is 1.81 bits per heavy atom. The zero-order chi connectivity index (χ0) is 12.7. The van der Waals surface area contributed by atoms with E-state index in [1.807, 2.05) is 5.43 Å². The lowest BCUT2D eigenvalue weighted by atomic mass is 10.2. The molecule has 0 spiro atoms. The van der Waals surface area contributed by atoms with Gasteiger partial charge in [-0.3, -0.25) is 5.84 Å². The van der Waals surface area contributed by atoms with Gasteiger partial charge in [-0.15, -0.1) is 0 Å². The molecule has 0 saturated carbocycles. The SMILES string of the molecule is C=C(CC(=C)C(=O)OC)OC(=O)C(=C)NN. The highest BCUT2D eigenvalue weighted by molar-refractivity contribution is 5.89. The molecule has 0 saturated heterocycles. The van der Waals surface area contributed by atoms with Gasteiger partial charge in [0.25, 0.3) is 0 Å². The van der Waals surface area contributed by atoms with E-state index >= 15 is 0 Å². The third-order valence-electron chi connectivity index (χ3n) is 1.54. The Kier molecular flexibility index (Phi) is 5.58. The summed E-state index contributed by atoms with van der Waals surface area (Å²) in [6, 6.07) is 0. The summed E-state index contributed by atoms with van der Waals surface area (Å²) in [5.41, 5.74) is 2.04. The number of hydrazine groups is 1. The molecule has 0 aromatic heterocycles. The highest BCUT2D eigenvalue weighted by atomic mass is 16.5. The van der Waals surface area contributed by atoms with Crippen LogP contribution >= 0.6 is 0 Å². The van der Waals surface area contributed by atoms with E-state index < -0.39 is 11.9 Å². The van der Waals surface area contributed by atoms with E-state index in [0.29, 0.717) is 0 Å². The molecule has 0 aromatic rings. The predicted molar refractivity (Wildman–Crippen MR) is 57.5 cm³/mol. The standard InChI is InChI=1S/C10H14N2O4/c1-6(9(13)15-4)5-7(2)16-10(14)8(3)12-11/h12H,1-3,5,11H2,4H3. The van der Waals surface area contributed by atoms with Gasteiger partial charge in [0.1, 0.15) is 11.5 Å². The first-order valence-corrected chi connectivity index (χ1v) is 4.24. The summed E-state index contributed by atoms with van der Waals surface area (Å²) >= 11 is 0. The first-order valence-electron chi connectivity index (χ1n) is 4.24. The van der Waals surface area contributed by atoms with Gasteiger partial charge >= 0.3 is 11.9 Å². The van der Waals surface area contributed by atoms with Crippen LogP contribution in [0.25, 0.3) is 0 Å². The fourth-order valence-corrected chi connectivity index (χ4v) is 0.742. The lowest BCUT2D eigenvalue weighted by Crippen LogP contribution is -2.27. The van der Waals surface area contributed by atoms with Crippen molar-refractivity contribution in [2.24, 2.45) is 5.84 Å². The molecule has 0 radical (unpaired) electrons. The molecule has 0 aliphatic heterocycles. The van der Waals surface area contributed by atoms with Crippen LogP contribution in [0.4, 0.5) is 0 Å². The van der Waals surface area contributed by atoms with Gasteiger partial charge < -0.3 is 14.9 Å². The van der Waals surface area contributed by atoms with E-state index in [2.05, 4.69) is 24.5 Å². The number of methoxy groups -OCH3 is 1. The topological polar surface area (TPSA) is 90.6 Å². The van der Waals surface area contributed by atoms with Gasteiger partial charge in [0.2, 0.25) is 0 Å². The van der Waals surface area contributed by atoms with E-state index in [1.165, 1.54) is 7.11 Å². The molecule has 6 heteroatoms. The van der Waals surface area contributed by atoms with Crippen LogP contribution in [0.3, 0.4) is 0 Å². The molecule has 0 fully saturated rings. The number of nitrogens with one attached hydrogen (secondary N) is 1. The summed E-state index contributed by atoms with van der Waals surface area (Å²) < 4.78 is 9.14. The van der Waals surface area contributed by atoms with E-state index in [-0.39, 0.29) is 23.5 Å². The summed E-state index contributed by atoms with van der Waals surface area (Å²) in [6.07, 6.45) is -0.00371. The zero-order valence-electron chi connectivity index (χ0n) is 9.04. The van der Waals surface area contributed by atoms with Crippen LogP contribution < -0.4 is 11.3 Å². The van der Waals surface area contributed by atoms with Crippen LogP contribution in [0, 0.1) is 0 Å². The summed E-state index contributed by atoms with van der Waals surface area (Å²) in [4.78, 5) is 22.1. The average molecular weight is 226 g/mol. The Hall–Kier alpha value is -2.08. The molecule has 0 heterocycles. The number of carbonyl (C=O) groups is 2. The Balaban J connectivity index is 4.20. The fourth-order valence-electron chi connectivity index (χ4n) is 0.742. The quantitative estimate of drug-likeness (QED) is 0.220. The molecular formula is C10H14N2O4. The highest BCUT2D eigenvalue weighted by Gasteiger charge is 2.13. The fraction of sp³-hybridized carbons (Fsp3) is 0.200. The van der Waals surface area contributed by atoms with Crippen LogP contribution in [-0.4, -0.2) is 19.0 Å². The highest BCUT2D eigenvalue weighted by Crippen LogP contribution is 2.11. The van der Waals surface area contributed by atoms with Crippen molar-refractivity contribution in [2.75, 3.05) is 7.11 Å². The number of esters is 2. The van der Waals surface area contributed by atoms with Crippen molar-refractivity contribution in [3.8, 4) is 0 Å². The largest absolute Gasteiger partial charge is 0.466 e. The van der Waals surface area contributed by atoms with Crippen molar-refractivity contribution < 1.29 is 19.1 Å². The van der Waals surface area contributed by atoms with Crippen molar-refractivity contribution in [2.45, 2.75) is 6.42 Å². The molecule has 0 unspecified atom stereocenters. The predicted octanol–water partition coefficient (Wildman–Crippen LogP) is 0.140. The minimum atomic E-state index is -0.773. The van der Waals surface area contributed by atoms with Crippen LogP contribution in [0.15, 0.2) is 36.8 Å². The lowest BCUT2D eigenvalue weighted by molar-refractivity contribution is -0.138. The van der Waals surface area contributed by atoms with Crippen LogP contribution in [-0.2, 0) is 19.1 Å². The second kappa shape index (κ2) is 6.41. The van der Waals surface area contributed by atoms with Gasteiger partial charge in [-0.1, -0.05) is 19.7 Å². The molecule has 3 N–H and O–H groups in total. The normalized spacial score (nSPS) is 8.88. The number of nitrogens with two attached hydrogens (primary N) is 1. The zero-order valence-corrected chi connectivity index (χ0v) is 9.04. The van der Waals surface area contributed by atoms with Crippen molar-refractivity contribution >= 4 is 11.9 Å². The summed E-state index contributed by atoms with van der Waals surface area (Å²) in [6.45, 7) is 10.2. The second-order valence-electron chi connectivity index (χ2n) is 2.82. The maximum atomic E-state index is 11.1. The maximum absolute atomic E-state index is 11.1. The van der Waals surface area contributed by atoms with E-state index in [1.54, 1.807) is 0 Å². The molecule has 16 heavy (non-hydrogen) atoms. The molecule has 0 aliphatic rings. The summed E-state index contributed by atoms with van der Waals surface area (Å²) in [5, 5.41) is 0.